The lowest BCUT2D eigenvalue weighted by Crippen LogP contribution is -2.41. The van der Waals surface area contributed by atoms with Gasteiger partial charge in [-0.05, 0) is 26.2 Å². The first-order chi connectivity index (χ1) is 10.7. The van der Waals surface area contributed by atoms with Crippen LogP contribution < -0.4 is 10.6 Å². The third kappa shape index (κ3) is 4.12. The number of amides is 2. The van der Waals surface area contributed by atoms with Gasteiger partial charge in [-0.2, -0.15) is 4.90 Å². The van der Waals surface area contributed by atoms with Gasteiger partial charge in [0.25, 0.3) is 0 Å². The Morgan fingerprint density at radius 1 is 1.17 bits per heavy atom. The van der Waals surface area contributed by atoms with E-state index < -0.39 is 46.2 Å². The highest BCUT2D eigenvalue weighted by molar-refractivity contribution is 6.10. The first kappa shape index (κ1) is 19.7. The number of carboxylic acid groups (broad SMARTS) is 1. The summed E-state index contributed by atoms with van der Waals surface area (Å²) in [5.74, 6) is -2.11. The number of ether oxygens (including phenoxy) is 1. The van der Waals surface area contributed by atoms with Crippen LogP contribution in [0.3, 0.4) is 0 Å². The molecule has 0 radical (unpaired) electrons. The van der Waals surface area contributed by atoms with Crippen molar-refractivity contribution >= 4 is 23.6 Å². The highest BCUT2D eigenvalue weighted by Gasteiger charge is 2.34. The van der Waals surface area contributed by atoms with Crippen LogP contribution in [0.25, 0.3) is 0 Å². The molecule has 0 saturated heterocycles. The van der Waals surface area contributed by atoms with Crippen LogP contribution in [0.2, 0.25) is 0 Å². The molecule has 3 N–H and O–H groups in total. The molecule has 0 fully saturated rings. The molecule has 0 saturated carbocycles. The van der Waals surface area contributed by atoms with Gasteiger partial charge in [-0.25, -0.2) is 18.4 Å². The molecule has 0 aromatic heterocycles. The van der Waals surface area contributed by atoms with Crippen LogP contribution in [0.4, 0.5) is 29.7 Å². The zero-order valence-electron chi connectivity index (χ0n) is 14.5. The third-order valence-corrected chi connectivity index (χ3v) is 2.99. The fraction of sp³-hybridized carbons (Fsp3) is 0.500. The van der Waals surface area contributed by atoms with E-state index in [-0.39, 0.29) is 10.5 Å². The Morgan fingerprint density at radius 2 is 1.67 bits per heavy atom. The van der Waals surface area contributed by atoms with E-state index >= 15 is 0 Å². The van der Waals surface area contributed by atoms with Gasteiger partial charge in [-0.1, -0.05) is 20.8 Å². The molecule has 8 heteroatoms. The van der Waals surface area contributed by atoms with Crippen LogP contribution in [-0.4, -0.2) is 22.9 Å². The highest BCUT2D eigenvalue weighted by Crippen LogP contribution is 2.37. The number of halogens is 2. The number of imide groups is 1. The fourth-order valence-electron chi connectivity index (χ4n) is 2.08. The number of hydrogen-bond acceptors (Lipinski definition) is 4. The molecule has 6 nitrogen and oxygen atoms in total. The largest absolute Gasteiger partial charge is 0.464 e. The van der Waals surface area contributed by atoms with E-state index in [1.807, 2.05) is 0 Å². The van der Waals surface area contributed by atoms with Crippen molar-refractivity contribution in [3.05, 3.63) is 23.3 Å². The number of anilines is 2. The molecular formula is C16H22F2N2O4. The maximum absolute atomic E-state index is 14.5. The third-order valence-electron chi connectivity index (χ3n) is 2.99. The quantitative estimate of drug-likeness (QED) is 0.742. The SMILES string of the molecule is CC(C)(C)OC(=O)N(C(=O)O)c1cc(F)c(C(C)(C)C)c(F)c1N. The predicted molar refractivity (Wildman–Crippen MR) is 86.2 cm³/mol. The zero-order chi connectivity index (χ0) is 19.0. The number of nitrogens with two attached hydrogens (primary N) is 1. The Labute approximate surface area is 139 Å². The minimum absolute atomic E-state index is 0.0825. The molecule has 0 aliphatic heterocycles. The monoisotopic (exact) mass is 344 g/mol. The molecule has 0 aliphatic carbocycles. The zero-order valence-corrected chi connectivity index (χ0v) is 14.5. The van der Waals surface area contributed by atoms with Crippen molar-refractivity contribution < 1.29 is 28.2 Å². The number of carbonyl (C=O) groups is 2. The maximum Gasteiger partial charge on any atom is 0.424 e. The van der Waals surface area contributed by atoms with Crippen LogP contribution in [0.15, 0.2) is 6.07 Å². The summed E-state index contributed by atoms with van der Waals surface area (Å²) in [4.78, 5) is 23.6. The lowest BCUT2D eigenvalue weighted by Gasteiger charge is -2.27. The minimum atomic E-state index is -1.77. The van der Waals surface area contributed by atoms with Crippen molar-refractivity contribution in [2.45, 2.75) is 52.6 Å². The molecule has 0 heterocycles. The van der Waals surface area contributed by atoms with Gasteiger partial charge in [0, 0.05) is 11.6 Å². The molecule has 24 heavy (non-hydrogen) atoms. The number of hydrogen-bond donors (Lipinski definition) is 2. The molecule has 1 rings (SSSR count). The summed E-state index contributed by atoms with van der Waals surface area (Å²) >= 11 is 0. The van der Waals surface area contributed by atoms with Crippen molar-refractivity contribution in [3.8, 4) is 0 Å². The first-order valence-electron chi connectivity index (χ1n) is 7.20. The predicted octanol–water partition coefficient (Wildman–Crippen LogP) is 4.26. The number of benzene rings is 1. The fourth-order valence-corrected chi connectivity index (χ4v) is 2.08. The van der Waals surface area contributed by atoms with E-state index in [0.717, 1.165) is 6.07 Å². The normalized spacial score (nSPS) is 12.0. The second-order valence-electron chi connectivity index (χ2n) is 7.33. The average molecular weight is 344 g/mol. The summed E-state index contributed by atoms with van der Waals surface area (Å²) in [6.07, 6.45) is -3.07. The Bertz CT molecular complexity index is 676. The van der Waals surface area contributed by atoms with Gasteiger partial charge >= 0.3 is 12.2 Å². The number of rotatable bonds is 1. The van der Waals surface area contributed by atoms with Crippen molar-refractivity contribution in [2.75, 3.05) is 10.6 Å². The lowest BCUT2D eigenvalue weighted by atomic mass is 9.85. The molecular weight excluding hydrogens is 322 g/mol. The topological polar surface area (TPSA) is 92.9 Å². The lowest BCUT2D eigenvalue weighted by molar-refractivity contribution is 0.0582. The van der Waals surface area contributed by atoms with Crippen LogP contribution >= 0.6 is 0 Å². The Hall–Kier alpha value is -2.38. The summed E-state index contributed by atoms with van der Waals surface area (Å²) in [7, 11) is 0. The first-order valence-corrected chi connectivity index (χ1v) is 7.20. The molecule has 1 aromatic carbocycles. The Kier molecular flexibility index (Phi) is 5.13. The number of carbonyl (C=O) groups excluding carboxylic acids is 1. The van der Waals surface area contributed by atoms with Crippen LogP contribution in [0.1, 0.15) is 47.1 Å². The van der Waals surface area contributed by atoms with E-state index in [0.29, 0.717) is 0 Å². The van der Waals surface area contributed by atoms with Gasteiger partial charge < -0.3 is 15.6 Å². The van der Waals surface area contributed by atoms with E-state index in [9.17, 15) is 23.5 Å². The molecule has 0 spiro atoms. The Morgan fingerprint density at radius 3 is 2.04 bits per heavy atom. The van der Waals surface area contributed by atoms with Crippen LogP contribution in [0.5, 0.6) is 0 Å². The van der Waals surface area contributed by atoms with E-state index in [4.69, 9.17) is 10.5 Å². The summed E-state index contributed by atoms with van der Waals surface area (Å²) in [5, 5.41) is 9.25. The molecule has 1 aromatic rings. The number of nitrogens with zero attached hydrogens (tertiary/aromatic N) is 1. The van der Waals surface area contributed by atoms with Crippen molar-refractivity contribution in [2.24, 2.45) is 0 Å². The second kappa shape index (κ2) is 6.26. The van der Waals surface area contributed by atoms with Gasteiger partial charge in [-0.3, -0.25) is 0 Å². The van der Waals surface area contributed by atoms with E-state index in [2.05, 4.69) is 0 Å². The minimum Gasteiger partial charge on any atom is -0.464 e. The summed E-state index contributed by atoms with van der Waals surface area (Å²) in [6, 6.07) is 0.719. The summed E-state index contributed by atoms with van der Waals surface area (Å²) < 4.78 is 33.8. The Balaban J connectivity index is 3.53. The van der Waals surface area contributed by atoms with Crippen molar-refractivity contribution in [3.63, 3.8) is 0 Å². The molecule has 0 atom stereocenters. The standard InChI is InChI=1S/C16H22F2N2O4/c1-15(2,3)10-8(17)7-9(12(19)11(10)18)20(13(21)22)14(23)24-16(4,5)6/h7H,19H2,1-6H3,(H,21,22). The second-order valence-corrected chi connectivity index (χ2v) is 7.33. The van der Waals surface area contributed by atoms with E-state index in [1.54, 1.807) is 20.8 Å². The molecule has 134 valence electrons. The van der Waals surface area contributed by atoms with Crippen molar-refractivity contribution in [1.82, 2.24) is 0 Å². The maximum atomic E-state index is 14.5. The highest BCUT2D eigenvalue weighted by atomic mass is 19.1. The molecule has 2 amide bonds. The smallest absolute Gasteiger partial charge is 0.424 e. The summed E-state index contributed by atoms with van der Waals surface area (Å²) in [6.45, 7) is 9.32. The van der Waals surface area contributed by atoms with Gasteiger partial charge in [0.05, 0.1) is 11.4 Å². The summed E-state index contributed by atoms with van der Waals surface area (Å²) in [5.41, 5.74) is 2.17. The molecule has 0 aliphatic rings. The van der Waals surface area contributed by atoms with Gasteiger partial charge in [0.2, 0.25) is 0 Å². The van der Waals surface area contributed by atoms with E-state index in [1.165, 1.54) is 20.8 Å². The van der Waals surface area contributed by atoms with Gasteiger partial charge in [0.15, 0.2) is 5.82 Å². The average Bonchev–Trinajstić information content (AvgIpc) is 2.30. The molecule has 0 bridgehead atoms. The van der Waals surface area contributed by atoms with Crippen molar-refractivity contribution in [1.29, 1.82) is 0 Å². The number of nitrogen functional groups attached to an aromatic ring is 1. The molecule has 0 unspecified atom stereocenters. The van der Waals surface area contributed by atoms with Gasteiger partial charge in [-0.15, -0.1) is 0 Å². The van der Waals surface area contributed by atoms with Gasteiger partial charge in [0.1, 0.15) is 11.4 Å². The van der Waals surface area contributed by atoms with Crippen LogP contribution in [-0.2, 0) is 10.2 Å². The van der Waals surface area contributed by atoms with Crippen LogP contribution in [0, 0.1) is 11.6 Å².